The van der Waals surface area contributed by atoms with Crippen LogP contribution in [0.15, 0.2) is 18.2 Å². The molecule has 2 atom stereocenters. The Morgan fingerprint density at radius 1 is 1.33 bits per heavy atom. The van der Waals surface area contributed by atoms with Gasteiger partial charge in [0.1, 0.15) is 5.82 Å². The van der Waals surface area contributed by atoms with Gasteiger partial charge in [0.2, 0.25) is 0 Å². The van der Waals surface area contributed by atoms with Crippen molar-refractivity contribution in [2.75, 3.05) is 0 Å². The molecule has 3 rings (SSSR count). The van der Waals surface area contributed by atoms with Gasteiger partial charge in [0.15, 0.2) is 0 Å². The molecule has 0 aliphatic heterocycles. The molecule has 1 aromatic heterocycles. The van der Waals surface area contributed by atoms with Crippen molar-refractivity contribution in [2.24, 2.45) is 5.41 Å². The van der Waals surface area contributed by atoms with Crippen LogP contribution in [0, 0.1) is 5.41 Å². The molecule has 1 fully saturated rings. The van der Waals surface area contributed by atoms with E-state index in [2.05, 4.69) is 24.5 Å². The Morgan fingerprint density at radius 3 is 2.76 bits per heavy atom. The van der Waals surface area contributed by atoms with Crippen LogP contribution in [0.25, 0.3) is 11.0 Å². The number of aromatic nitrogens is 2. The number of fused-ring (bicyclic) bond motifs is 1. The summed E-state index contributed by atoms with van der Waals surface area (Å²) in [6, 6.07) is 6.42. The first kappa shape index (κ1) is 15.2. The third-order valence-corrected chi connectivity index (χ3v) is 5.23. The number of hydrogen-bond acceptors (Lipinski definition) is 1. The fourth-order valence-electron chi connectivity index (χ4n) is 3.65. The van der Waals surface area contributed by atoms with Crippen LogP contribution >= 0.6 is 23.2 Å². The van der Waals surface area contributed by atoms with Gasteiger partial charge in [-0.05, 0) is 43.4 Å². The molecule has 1 aliphatic rings. The summed E-state index contributed by atoms with van der Waals surface area (Å²) in [7, 11) is 0. The highest BCUT2D eigenvalue weighted by molar-refractivity contribution is 6.31. The van der Waals surface area contributed by atoms with Crippen molar-refractivity contribution in [2.45, 2.75) is 57.9 Å². The number of hydrogen-bond donors (Lipinski definition) is 0. The Morgan fingerprint density at radius 2 is 2.10 bits per heavy atom. The van der Waals surface area contributed by atoms with E-state index in [1.807, 2.05) is 19.1 Å². The largest absolute Gasteiger partial charge is 0.323 e. The molecule has 0 amide bonds. The van der Waals surface area contributed by atoms with E-state index in [4.69, 9.17) is 28.2 Å². The Kier molecular flexibility index (Phi) is 3.96. The first-order valence-electron chi connectivity index (χ1n) is 7.71. The molecule has 0 radical (unpaired) electrons. The topological polar surface area (TPSA) is 17.8 Å². The number of benzene rings is 1. The van der Waals surface area contributed by atoms with E-state index in [0.29, 0.717) is 6.04 Å². The molecule has 1 saturated carbocycles. The van der Waals surface area contributed by atoms with Gasteiger partial charge in [-0.25, -0.2) is 4.98 Å². The summed E-state index contributed by atoms with van der Waals surface area (Å²) in [5.74, 6) is 0.967. The number of nitrogens with zero attached hydrogens (tertiary/aromatic N) is 2. The lowest BCUT2D eigenvalue weighted by molar-refractivity contribution is 0.145. The molecule has 0 N–H and O–H groups in total. The van der Waals surface area contributed by atoms with Crippen molar-refractivity contribution in [3.8, 4) is 0 Å². The Bertz CT molecular complexity index is 658. The third-order valence-electron chi connectivity index (χ3n) is 4.80. The summed E-state index contributed by atoms with van der Waals surface area (Å²) in [5, 5.41) is 0.623. The second kappa shape index (κ2) is 5.48. The third kappa shape index (κ3) is 2.68. The highest BCUT2D eigenvalue weighted by atomic mass is 35.5. The average molecular weight is 325 g/mol. The Hall–Kier alpha value is -0.730. The lowest BCUT2D eigenvalue weighted by Crippen LogP contribution is -2.31. The van der Waals surface area contributed by atoms with Crippen LogP contribution in [0.4, 0.5) is 0 Å². The molecule has 1 heterocycles. The number of rotatable bonds is 2. The van der Waals surface area contributed by atoms with E-state index in [1.165, 1.54) is 25.7 Å². The minimum Gasteiger partial charge on any atom is -0.323 e. The van der Waals surface area contributed by atoms with Gasteiger partial charge in [0, 0.05) is 11.1 Å². The smallest absolute Gasteiger partial charge is 0.127 e. The number of alkyl halides is 1. The van der Waals surface area contributed by atoms with E-state index in [0.717, 1.165) is 21.9 Å². The van der Waals surface area contributed by atoms with Crippen LogP contribution in [0.2, 0.25) is 5.02 Å². The average Bonchev–Trinajstić information content (AvgIpc) is 2.76. The van der Waals surface area contributed by atoms with Gasteiger partial charge in [0.05, 0.1) is 16.4 Å². The maximum Gasteiger partial charge on any atom is 0.127 e. The molecule has 4 heteroatoms. The van der Waals surface area contributed by atoms with Gasteiger partial charge in [-0.15, -0.1) is 11.6 Å². The van der Waals surface area contributed by atoms with Crippen LogP contribution in [0.3, 0.4) is 0 Å². The SMILES string of the molecule is CC(Cl)c1nc2cc(Cl)ccc2n1C1CCCCC1(C)C. The summed E-state index contributed by atoms with van der Waals surface area (Å²) in [6.45, 7) is 6.72. The summed E-state index contributed by atoms with van der Waals surface area (Å²) in [4.78, 5) is 4.76. The fraction of sp³-hybridized carbons (Fsp3) is 0.588. The van der Waals surface area contributed by atoms with Crippen molar-refractivity contribution in [3.63, 3.8) is 0 Å². The van der Waals surface area contributed by atoms with Crippen molar-refractivity contribution < 1.29 is 0 Å². The number of halogens is 2. The molecule has 114 valence electrons. The maximum absolute atomic E-state index is 6.42. The van der Waals surface area contributed by atoms with Gasteiger partial charge < -0.3 is 4.57 Å². The molecule has 21 heavy (non-hydrogen) atoms. The summed E-state index contributed by atoms with van der Waals surface area (Å²) in [6.07, 6.45) is 5.03. The van der Waals surface area contributed by atoms with Gasteiger partial charge in [0.25, 0.3) is 0 Å². The van der Waals surface area contributed by atoms with E-state index in [-0.39, 0.29) is 10.8 Å². The second-order valence-corrected chi connectivity index (χ2v) is 7.93. The van der Waals surface area contributed by atoms with Crippen LogP contribution in [0.5, 0.6) is 0 Å². The first-order chi connectivity index (χ1) is 9.90. The Labute approximate surface area is 136 Å². The van der Waals surface area contributed by atoms with Crippen LogP contribution in [-0.2, 0) is 0 Å². The normalized spacial score (nSPS) is 23.4. The van der Waals surface area contributed by atoms with Crippen LogP contribution < -0.4 is 0 Å². The second-order valence-electron chi connectivity index (χ2n) is 6.84. The molecule has 0 bridgehead atoms. The minimum absolute atomic E-state index is 0.103. The van der Waals surface area contributed by atoms with Crippen molar-refractivity contribution in [1.29, 1.82) is 0 Å². The van der Waals surface area contributed by atoms with Gasteiger partial charge >= 0.3 is 0 Å². The standard InChI is InChI=1S/C17H22Cl2N2/c1-11(18)16-20-13-10-12(19)7-8-14(13)21(16)15-6-4-5-9-17(15,2)3/h7-8,10-11,15H,4-6,9H2,1-3H3. The van der Waals surface area contributed by atoms with E-state index in [9.17, 15) is 0 Å². The zero-order valence-electron chi connectivity index (χ0n) is 12.9. The highest BCUT2D eigenvalue weighted by Crippen LogP contribution is 2.46. The molecule has 0 spiro atoms. The van der Waals surface area contributed by atoms with Crippen molar-refractivity contribution in [1.82, 2.24) is 9.55 Å². The predicted molar refractivity (Wildman–Crippen MR) is 90.3 cm³/mol. The van der Waals surface area contributed by atoms with Gasteiger partial charge in [-0.1, -0.05) is 38.3 Å². The lowest BCUT2D eigenvalue weighted by Gasteiger charge is -2.40. The first-order valence-corrected chi connectivity index (χ1v) is 8.53. The highest BCUT2D eigenvalue weighted by Gasteiger charge is 2.36. The summed E-state index contributed by atoms with van der Waals surface area (Å²) < 4.78 is 2.38. The van der Waals surface area contributed by atoms with Crippen molar-refractivity contribution in [3.05, 3.63) is 29.0 Å². The molecular weight excluding hydrogens is 303 g/mol. The Balaban J connectivity index is 2.21. The molecule has 1 aromatic carbocycles. The molecule has 1 aliphatic carbocycles. The molecule has 2 nitrogen and oxygen atoms in total. The quantitative estimate of drug-likeness (QED) is 0.607. The summed E-state index contributed by atoms with van der Waals surface area (Å²) in [5.41, 5.74) is 2.37. The molecule has 2 unspecified atom stereocenters. The van der Waals surface area contributed by atoms with Crippen molar-refractivity contribution >= 4 is 34.2 Å². The zero-order valence-corrected chi connectivity index (χ0v) is 14.4. The monoisotopic (exact) mass is 324 g/mol. The van der Waals surface area contributed by atoms with E-state index >= 15 is 0 Å². The molecule has 2 aromatic rings. The zero-order chi connectivity index (χ0) is 15.2. The summed E-state index contributed by atoms with van der Waals surface area (Å²) >= 11 is 12.5. The maximum atomic E-state index is 6.42. The van der Waals surface area contributed by atoms with Gasteiger partial charge in [-0.3, -0.25) is 0 Å². The lowest BCUT2D eigenvalue weighted by atomic mass is 9.73. The number of imidazole rings is 1. The fourth-order valence-corrected chi connectivity index (χ4v) is 3.97. The van der Waals surface area contributed by atoms with E-state index in [1.54, 1.807) is 0 Å². The minimum atomic E-state index is -0.103. The van der Waals surface area contributed by atoms with Crippen LogP contribution in [0.1, 0.15) is 63.7 Å². The molecular formula is C17H22Cl2N2. The predicted octanol–water partition coefficient (Wildman–Crippen LogP) is 6.13. The van der Waals surface area contributed by atoms with E-state index < -0.39 is 0 Å². The molecule has 0 saturated heterocycles. The van der Waals surface area contributed by atoms with Gasteiger partial charge in [-0.2, -0.15) is 0 Å². The van der Waals surface area contributed by atoms with Crippen LogP contribution in [-0.4, -0.2) is 9.55 Å².